The van der Waals surface area contributed by atoms with Crippen molar-refractivity contribution in [2.45, 2.75) is 32.2 Å². The van der Waals surface area contributed by atoms with Crippen LogP contribution in [-0.2, 0) is 6.42 Å². The van der Waals surface area contributed by atoms with Crippen LogP contribution in [0.25, 0.3) is 0 Å². The van der Waals surface area contributed by atoms with Crippen molar-refractivity contribution in [3.63, 3.8) is 0 Å². The highest BCUT2D eigenvalue weighted by molar-refractivity contribution is 5.94. The van der Waals surface area contributed by atoms with Gasteiger partial charge in [-0.3, -0.25) is 4.79 Å². The van der Waals surface area contributed by atoms with Crippen molar-refractivity contribution in [1.29, 1.82) is 0 Å². The third kappa shape index (κ3) is 1.58. The average Bonchev–Trinajstić information content (AvgIpc) is 2.17. The number of aryl methyl sites for hydroxylation is 1. The molecular formula is C12H15NO. The predicted octanol–water partition coefficient (Wildman–Crippen LogP) is 2.23. The molecule has 1 aromatic carbocycles. The van der Waals surface area contributed by atoms with E-state index in [1.54, 1.807) is 6.92 Å². The molecule has 0 saturated heterocycles. The number of Topliss-reactive ketones (excluding diaryl/α,β-unsaturated/α-hetero) is 1. The molecule has 1 aromatic rings. The Balaban J connectivity index is 2.44. The zero-order chi connectivity index (χ0) is 10.1. The lowest BCUT2D eigenvalue weighted by Gasteiger charge is -2.22. The highest BCUT2D eigenvalue weighted by Crippen LogP contribution is 2.28. The fourth-order valence-electron chi connectivity index (χ4n) is 2.07. The van der Waals surface area contributed by atoms with E-state index in [4.69, 9.17) is 5.73 Å². The van der Waals surface area contributed by atoms with Crippen LogP contribution in [0.1, 0.15) is 47.3 Å². The first-order valence-corrected chi connectivity index (χ1v) is 5.08. The maximum atomic E-state index is 11.2. The van der Waals surface area contributed by atoms with Gasteiger partial charge >= 0.3 is 0 Å². The summed E-state index contributed by atoms with van der Waals surface area (Å²) >= 11 is 0. The van der Waals surface area contributed by atoms with E-state index < -0.39 is 0 Å². The summed E-state index contributed by atoms with van der Waals surface area (Å²) in [5, 5.41) is 0. The number of benzene rings is 1. The number of rotatable bonds is 1. The molecule has 0 bridgehead atoms. The molecule has 0 amide bonds. The molecule has 0 unspecified atom stereocenters. The van der Waals surface area contributed by atoms with Gasteiger partial charge in [-0.25, -0.2) is 0 Å². The SMILES string of the molecule is CC(=O)c1ccc2c(c1)CCC[C@H]2N. The normalized spacial score (nSPS) is 20.3. The van der Waals surface area contributed by atoms with Crippen molar-refractivity contribution < 1.29 is 4.79 Å². The van der Waals surface area contributed by atoms with Crippen LogP contribution in [-0.4, -0.2) is 5.78 Å². The van der Waals surface area contributed by atoms with Gasteiger partial charge < -0.3 is 5.73 Å². The molecular weight excluding hydrogens is 174 g/mol. The Labute approximate surface area is 84.1 Å². The van der Waals surface area contributed by atoms with Gasteiger partial charge in [0.05, 0.1) is 0 Å². The molecule has 0 fully saturated rings. The molecule has 2 nitrogen and oxygen atoms in total. The van der Waals surface area contributed by atoms with Gasteiger partial charge in [0, 0.05) is 11.6 Å². The van der Waals surface area contributed by atoms with Gasteiger partial charge in [0.15, 0.2) is 5.78 Å². The van der Waals surface area contributed by atoms with E-state index in [1.807, 2.05) is 18.2 Å². The van der Waals surface area contributed by atoms with Gasteiger partial charge in [-0.2, -0.15) is 0 Å². The number of carbonyl (C=O) groups excluding carboxylic acids is 1. The van der Waals surface area contributed by atoms with Crippen molar-refractivity contribution in [2.24, 2.45) is 5.73 Å². The molecule has 14 heavy (non-hydrogen) atoms. The summed E-state index contributed by atoms with van der Waals surface area (Å²) in [6.45, 7) is 1.60. The third-order valence-electron chi connectivity index (χ3n) is 2.91. The second kappa shape index (κ2) is 3.54. The third-order valence-corrected chi connectivity index (χ3v) is 2.91. The zero-order valence-electron chi connectivity index (χ0n) is 8.42. The molecule has 0 spiro atoms. The van der Waals surface area contributed by atoms with Crippen LogP contribution in [0.5, 0.6) is 0 Å². The molecule has 74 valence electrons. The number of ketones is 1. The highest BCUT2D eigenvalue weighted by Gasteiger charge is 2.17. The first-order chi connectivity index (χ1) is 6.68. The summed E-state index contributed by atoms with van der Waals surface area (Å²) in [5.41, 5.74) is 9.28. The Morgan fingerprint density at radius 1 is 1.50 bits per heavy atom. The summed E-state index contributed by atoms with van der Waals surface area (Å²) in [4.78, 5) is 11.2. The first-order valence-electron chi connectivity index (χ1n) is 5.08. The van der Waals surface area contributed by atoms with Gasteiger partial charge in [0.25, 0.3) is 0 Å². The molecule has 0 radical (unpaired) electrons. The van der Waals surface area contributed by atoms with E-state index in [2.05, 4.69) is 0 Å². The van der Waals surface area contributed by atoms with Crippen LogP contribution in [0.4, 0.5) is 0 Å². The fraction of sp³-hybridized carbons (Fsp3) is 0.417. The van der Waals surface area contributed by atoms with Gasteiger partial charge in [-0.1, -0.05) is 12.1 Å². The minimum absolute atomic E-state index is 0.131. The zero-order valence-corrected chi connectivity index (χ0v) is 8.42. The molecule has 0 saturated carbocycles. The molecule has 1 aliphatic carbocycles. The van der Waals surface area contributed by atoms with Crippen molar-refractivity contribution in [1.82, 2.24) is 0 Å². The van der Waals surface area contributed by atoms with Gasteiger partial charge in [0.2, 0.25) is 0 Å². The molecule has 0 aromatic heterocycles. The molecule has 2 N–H and O–H groups in total. The topological polar surface area (TPSA) is 43.1 Å². The summed E-state index contributed by atoms with van der Waals surface area (Å²) in [7, 11) is 0. The first kappa shape index (κ1) is 9.41. The number of hydrogen-bond donors (Lipinski definition) is 1. The summed E-state index contributed by atoms with van der Waals surface area (Å²) in [5.74, 6) is 0.131. The number of nitrogens with two attached hydrogens (primary N) is 1. The van der Waals surface area contributed by atoms with Gasteiger partial charge in [-0.05, 0) is 43.4 Å². The Morgan fingerprint density at radius 2 is 2.29 bits per heavy atom. The van der Waals surface area contributed by atoms with E-state index in [-0.39, 0.29) is 11.8 Å². The highest BCUT2D eigenvalue weighted by atomic mass is 16.1. The van der Waals surface area contributed by atoms with E-state index >= 15 is 0 Å². The smallest absolute Gasteiger partial charge is 0.159 e. The van der Waals surface area contributed by atoms with E-state index in [0.29, 0.717) is 0 Å². The van der Waals surface area contributed by atoms with Gasteiger partial charge in [-0.15, -0.1) is 0 Å². The Kier molecular flexibility index (Phi) is 2.38. The Morgan fingerprint density at radius 3 is 3.00 bits per heavy atom. The summed E-state index contributed by atoms with van der Waals surface area (Å²) in [6, 6.07) is 6.05. The molecule has 1 aliphatic rings. The van der Waals surface area contributed by atoms with Crippen LogP contribution in [0.2, 0.25) is 0 Å². The lowest BCUT2D eigenvalue weighted by molar-refractivity contribution is 0.101. The second-order valence-corrected chi connectivity index (χ2v) is 3.97. The van der Waals surface area contributed by atoms with Crippen molar-refractivity contribution in [3.05, 3.63) is 34.9 Å². The number of hydrogen-bond acceptors (Lipinski definition) is 2. The molecule has 0 heterocycles. The van der Waals surface area contributed by atoms with Crippen LogP contribution in [0.15, 0.2) is 18.2 Å². The van der Waals surface area contributed by atoms with Crippen molar-refractivity contribution >= 4 is 5.78 Å². The van der Waals surface area contributed by atoms with E-state index in [0.717, 1.165) is 24.8 Å². The monoisotopic (exact) mass is 189 g/mol. The largest absolute Gasteiger partial charge is 0.324 e. The second-order valence-electron chi connectivity index (χ2n) is 3.97. The molecule has 2 heteroatoms. The fourth-order valence-corrected chi connectivity index (χ4v) is 2.07. The summed E-state index contributed by atoms with van der Waals surface area (Å²) < 4.78 is 0. The maximum Gasteiger partial charge on any atom is 0.159 e. The standard InChI is InChI=1S/C12H15NO/c1-8(14)9-5-6-11-10(7-9)3-2-4-12(11)13/h5-7,12H,2-4,13H2,1H3/t12-/m1/s1. The lowest BCUT2D eigenvalue weighted by Crippen LogP contribution is -2.17. The number of carbonyl (C=O) groups is 1. The van der Waals surface area contributed by atoms with Crippen molar-refractivity contribution in [2.75, 3.05) is 0 Å². The predicted molar refractivity (Wildman–Crippen MR) is 56.3 cm³/mol. The van der Waals surface area contributed by atoms with E-state index in [1.165, 1.54) is 11.1 Å². The minimum atomic E-state index is 0.131. The van der Waals surface area contributed by atoms with E-state index in [9.17, 15) is 4.79 Å². The molecule has 2 rings (SSSR count). The average molecular weight is 189 g/mol. The van der Waals surface area contributed by atoms with Gasteiger partial charge in [0.1, 0.15) is 0 Å². The summed E-state index contributed by atoms with van der Waals surface area (Å²) in [6.07, 6.45) is 3.26. The lowest BCUT2D eigenvalue weighted by atomic mass is 9.87. The molecule has 0 aliphatic heterocycles. The van der Waals surface area contributed by atoms with Crippen molar-refractivity contribution in [3.8, 4) is 0 Å². The Hall–Kier alpha value is -1.15. The van der Waals surface area contributed by atoms with Crippen LogP contribution >= 0.6 is 0 Å². The quantitative estimate of drug-likeness (QED) is 0.688. The van der Waals surface area contributed by atoms with Crippen LogP contribution < -0.4 is 5.73 Å². The molecule has 1 atom stereocenters. The minimum Gasteiger partial charge on any atom is -0.324 e. The maximum absolute atomic E-state index is 11.2. The number of fused-ring (bicyclic) bond motifs is 1. The Bertz CT molecular complexity index is 371. The van der Waals surface area contributed by atoms with Crippen LogP contribution in [0.3, 0.4) is 0 Å². The van der Waals surface area contributed by atoms with Crippen LogP contribution in [0, 0.1) is 0 Å².